The Morgan fingerprint density at radius 3 is 2.94 bits per heavy atom. The molecule has 0 spiro atoms. The van der Waals surface area contributed by atoms with Crippen LogP contribution in [0.1, 0.15) is 5.56 Å². The third-order valence-corrected chi connectivity index (χ3v) is 2.98. The van der Waals surface area contributed by atoms with Gasteiger partial charge in [0.1, 0.15) is 10.8 Å². The second-order valence-corrected chi connectivity index (χ2v) is 4.22. The lowest BCUT2D eigenvalue weighted by molar-refractivity contribution is 0.471. The minimum atomic E-state index is 0.255. The van der Waals surface area contributed by atoms with Gasteiger partial charge in [0.2, 0.25) is 0 Å². The molecule has 0 bridgehead atoms. The van der Waals surface area contributed by atoms with Gasteiger partial charge in [-0.15, -0.1) is 0 Å². The summed E-state index contributed by atoms with van der Waals surface area (Å²) < 4.78 is 0. The van der Waals surface area contributed by atoms with Crippen LogP contribution >= 0.6 is 11.8 Å². The Hall–Kier alpha value is -1.75. The molecular formula is C11H11N3OS. The fourth-order valence-corrected chi connectivity index (χ4v) is 2.04. The molecule has 0 amide bonds. The first-order chi connectivity index (χ1) is 7.75. The van der Waals surface area contributed by atoms with E-state index in [1.807, 2.05) is 0 Å². The predicted octanol–water partition coefficient (Wildman–Crippen LogP) is 2.06. The van der Waals surface area contributed by atoms with Crippen LogP contribution in [-0.4, -0.2) is 15.1 Å². The van der Waals surface area contributed by atoms with Crippen molar-refractivity contribution in [3.63, 3.8) is 0 Å². The van der Waals surface area contributed by atoms with Crippen LogP contribution < -0.4 is 5.73 Å². The Morgan fingerprint density at radius 2 is 2.19 bits per heavy atom. The number of nitrogen functional groups attached to an aromatic ring is 1. The van der Waals surface area contributed by atoms with Crippen LogP contribution in [0.25, 0.3) is 0 Å². The van der Waals surface area contributed by atoms with Crippen molar-refractivity contribution >= 4 is 17.4 Å². The molecule has 2 aromatic rings. The zero-order chi connectivity index (χ0) is 11.4. The second kappa shape index (κ2) is 4.85. The van der Waals surface area contributed by atoms with Gasteiger partial charge in [-0.05, 0) is 18.2 Å². The maximum absolute atomic E-state index is 9.61. The van der Waals surface area contributed by atoms with Crippen LogP contribution in [0.15, 0.2) is 41.8 Å². The van der Waals surface area contributed by atoms with Crippen molar-refractivity contribution in [2.75, 3.05) is 5.73 Å². The first kappa shape index (κ1) is 10.8. The summed E-state index contributed by atoms with van der Waals surface area (Å²) in [6, 6.07) is 5.03. The van der Waals surface area contributed by atoms with Gasteiger partial charge < -0.3 is 10.8 Å². The van der Waals surface area contributed by atoms with E-state index in [-0.39, 0.29) is 5.75 Å². The standard InChI is InChI=1S/C11H11N3OS/c12-9-1-2-10(15)8(5-9)7-16-11-6-13-3-4-14-11/h1-6,15H,7,12H2. The van der Waals surface area contributed by atoms with Gasteiger partial charge in [-0.2, -0.15) is 0 Å². The van der Waals surface area contributed by atoms with E-state index in [4.69, 9.17) is 5.73 Å². The summed E-state index contributed by atoms with van der Waals surface area (Å²) in [6.07, 6.45) is 4.96. The lowest BCUT2D eigenvalue weighted by Crippen LogP contribution is -1.89. The van der Waals surface area contributed by atoms with Gasteiger partial charge >= 0.3 is 0 Å². The zero-order valence-corrected chi connectivity index (χ0v) is 9.31. The summed E-state index contributed by atoms with van der Waals surface area (Å²) in [4.78, 5) is 8.10. The van der Waals surface area contributed by atoms with E-state index in [1.165, 1.54) is 11.8 Å². The third kappa shape index (κ3) is 2.64. The summed E-state index contributed by atoms with van der Waals surface area (Å²) in [5.41, 5.74) is 7.10. The molecule has 0 aliphatic heterocycles. The second-order valence-electron chi connectivity index (χ2n) is 3.22. The number of nitrogens with zero attached hydrogens (tertiary/aromatic N) is 2. The van der Waals surface area contributed by atoms with Gasteiger partial charge in [0, 0.05) is 29.4 Å². The minimum Gasteiger partial charge on any atom is -0.508 e. The molecule has 16 heavy (non-hydrogen) atoms. The molecule has 0 saturated heterocycles. The van der Waals surface area contributed by atoms with Crippen LogP contribution in [0.2, 0.25) is 0 Å². The highest BCUT2D eigenvalue weighted by atomic mass is 32.2. The molecule has 5 heteroatoms. The summed E-state index contributed by atoms with van der Waals surface area (Å²) in [6.45, 7) is 0. The quantitative estimate of drug-likeness (QED) is 0.482. The molecule has 3 N–H and O–H groups in total. The van der Waals surface area contributed by atoms with E-state index in [0.29, 0.717) is 11.4 Å². The highest BCUT2D eigenvalue weighted by molar-refractivity contribution is 7.98. The average Bonchev–Trinajstić information content (AvgIpc) is 2.32. The molecule has 1 aromatic heterocycles. The van der Waals surface area contributed by atoms with E-state index < -0.39 is 0 Å². The molecule has 1 heterocycles. The molecule has 0 saturated carbocycles. The van der Waals surface area contributed by atoms with Gasteiger partial charge in [0.05, 0.1) is 6.20 Å². The SMILES string of the molecule is Nc1ccc(O)c(CSc2cnccn2)c1. The molecule has 0 radical (unpaired) electrons. The van der Waals surface area contributed by atoms with Gasteiger partial charge in [0.15, 0.2) is 0 Å². The molecule has 0 aliphatic carbocycles. The highest BCUT2D eigenvalue weighted by Gasteiger charge is 2.03. The normalized spacial score (nSPS) is 10.2. The minimum absolute atomic E-state index is 0.255. The average molecular weight is 233 g/mol. The number of benzene rings is 1. The van der Waals surface area contributed by atoms with Crippen molar-refractivity contribution in [1.29, 1.82) is 0 Å². The molecule has 1 aromatic carbocycles. The predicted molar refractivity (Wildman–Crippen MR) is 64.1 cm³/mol. The smallest absolute Gasteiger partial charge is 0.119 e. The number of aromatic nitrogens is 2. The number of hydrogen-bond acceptors (Lipinski definition) is 5. The Morgan fingerprint density at radius 1 is 1.31 bits per heavy atom. The van der Waals surface area contributed by atoms with Gasteiger partial charge in [-0.3, -0.25) is 4.98 Å². The van der Waals surface area contributed by atoms with Gasteiger partial charge in [-0.25, -0.2) is 4.98 Å². The molecule has 0 fully saturated rings. The summed E-state index contributed by atoms with van der Waals surface area (Å²) in [7, 11) is 0. The van der Waals surface area contributed by atoms with Crippen LogP contribution in [0, 0.1) is 0 Å². The first-order valence-electron chi connectivity index (χ1n) is 4.72. The van der Waals surface area contributed by atoms with Gasteiger partial charge in [0.25, 0.3) is 0 Å². The molecule has 0 aliphatic rings. The largest absolute Gasteiger partial charge is 0.508 e. The number of hydrogen-bond donors (Lipinski definition) is 2. The van der Waals surface area contributed by atoms with Crippen molar-refractivity contribution in [1.82, 2.24) is 9.97 Å². The molecule has 4 nitrogen and oxygen atoms in total. The summed E-state index contributed by atoms with van der Waals surface area (Å²) in [5.74, 6) is 0.876. The van der Waals surface area contributed by atoms with E-state index in [1.54, 1.807) is 36.8 Å². The fraction of sp³-hybridized carbons (Fsp3) is 0.0909. The number of nitrogens with two attached hydrogens (primary N) is 1. The Labute approximate surface area is 97.5 Å². The van der Waals surface area contributed by atoms with Crippen LogP contribution in [0.5, 0.6) is 5.75 Å². The Bertz CT molecular complexity index is 476. The van der Waals surface area contributed by atoms with Gasteiger partial charge in [-0.1, -0.05) is 11.8 Å². The molecule has 82 valence electrons. The van der Waals surface area contributed by atoms with Crippen molar-refractivity contribution in [2.45, 2.75) is 10.8 Å². The number of phenols is 1. The van der Waals surface area contributed by atoms with Crippen LogP contribution in [-0.2, 0) is 5.75 Å². The Balaban J connectivity index is 2.08. The maximum atomic E-state index is 9.61. The lowest BCUT2D eigenvalue weighted by atomic mass is 10.2. The molecule has 0 atom stereocenters. The monoisotopic (exact) mass is 233 g/mol. The van der Waals surface area contributed by atoms with E-state index in [9.17, 15) is 5.11 Å². The molecule has 2 rings (SSSR count). The van der Waals surface area contributed by atoms with E-state index in [0.717, 1.165) is 10.6 Å². The van der Waals surface area contributed by atoms with Crippen molar-refractivity contribution in [3.05, 3.63) is 42.4 Å². The topological polar surface area (TPSA) is 72.0 Å². The Kier molecular flexibility index (Phi) is 3.26. The zero-order valence-electron chi connectivity index (χ0n) is 8.50. The van der Waals surface area contributed by atoms with Crippen LogP contribution in [0.3, 0.4) is 0 Å². The molecule has 0 unspecified atom stereocenters. The van der Waals surface area contributed by atoms with E-state index in [2.05, 4.69) is 9.97 Å². The molecular weight excluding hydrogens is 222 g/mol. The van der Waals surface area contributed by atoms with Crippen molar-refractivity contribution in [3.8, 4) is 5.75 Å². The summed E-state index contributed by atoms with van der Waals surface area (Å²) in [5, 5.41) is 10.4. The van der Waals surface area contributed by atoms with E-state index >= 15 is 0 Å². The number of aromatic hydroxyl groups is 1. The fourth-order valence-electron chi connectivity index (χ4n) is 1.23. The number of anilines is 1. The van der Waals surface area contributed by atoms with Crippen molar-refractivity contribution < 1.29 is 5.11 Å². The van der Waals surface area contributed by atoms with Crippen LogP contribution in [0.4, 0.5) is 5.69 Å². The number of phenolic OH excluding ortho intramolecular Hbond substituents is 1. The third-order valence-electron chi connectivity index (χ3n) is 2.02. The highest BCUT2D eigenvalue weighted by Crippen LogP contribution is 2.27. The first-order valence-corrected chi connectivity index (χ1v) is 5.70. The number of rotatable bonds is 3. The summed E-state index contributed by atoms with van der Waals surface area (Å²) >= 11 is 1.51. The maximum Gasteiger partial charge on any atom is 0.119 e. The number of thioether (sulfide) groups is 1. The van der Waals surface area contributed by atoms with Crippen molar-refractivity contribution in [2.24, 2.45) is 0 Å². The lowest BCUT2D eigenvalue weighted by Gasteiger charge is -2.04.